The number of thiazole rings is 1. The van der Waals surface area contributed by atoms with Gasteiger partial charge in [0, 0.05) is 42.3 Å². The van der Waals surface area contributed by atoms with Crippen LogP contribution in [0.3, 0.4) is 0 Å². The summed E-state index contributed by atoms with van der Waals surface area (Å²) in [5, 5.41) is 3.28. The largest absolute Gasteiger partial charge is 0.352 e. The lowest BCUT2D eigenvalue weighted by Gasteiger charge is -2.40. The lowest BCUT2D eigenvalue weighted by Crippen LogP contribution is -2.52. The second-order valence-electron chi connectivity index (χ2n) is 6.24. The molecule has 22 heavy (non-hydrogen) atoms. The zero-order valence-corrected chi connectivity index (χ0v) is 13.9. The molecule has 0 amide bonds. The van der Waals surface area contributed by atoms with Gasteiger partial charge in [0.15, 0.2) is 5.13 Å². The molecule has 1 aliphatic heterocycles. The van der Waals surface area contributed by atoms with Gasteiger partial charge in [0.25, 0.3) is 0 Å². The predicted molar refractivity (Wildman–Crippen MR) is 89.9 cm³/mol. The van der Waals surface area contributed by atoms with Crippen molar-refractivity contribution in [3.63, 3.8) is 0 Å². The minimum Gasteiger partial charge on any atom is -0.352 e. The number of aryl methyl sites for hydroxylation is 2. The fourth-order valence-corrected chi connectivity index (χ4v) is 4.45. The lowest BCUT2D eigenvalue weighted by atomic mass is 10.1. The maximum atomic E-state index is 4.64. The first-order chi connectivity index (χ1) is 10.7. The highest BCUT2D eigenvalue weighted by Gasteiger charge is 2.29. The molecule has 1 atom stereocenters. The van der Waals surface area contributed by atoms with Gasteiger partial charge >= 0.3 is 0 Å². The molecule has 1 aliphatic carbocycles. The van der Waals surface area contributed by atoms with Gasteiger partial charge in [-0.1, -0.05) is 0 Å². The summed E-state index contributed by atoms with van der Waals surface area (Å²) in [7, 11) is 0. The average molecular weight is 315 g/mol. The minimum atomic E-state index is 0.450. The third-order valence-electron chi connectivity index (χ3n) is 4.63. The van der Waals surface area contributed by atoms with E-state index >= 15 is 0 Å². The van der Waals surface area contributed by atoms with Crippen molar-refractivity contribution in [3.8, 4) is 0 Å². The van der Waals surface area contributed by atoms with Crippen LogP contribution in [0.1, 0.15) is 30.3 Å². The summed E-state index contributed by atoms with van der Waals surface area (Å²) < 4.78 is 0. The molecule has 2 aromatic heterocycles. The number of aromatic nitrogens is 3. The quantitative estimate of drug-likeness (QED) is 0.852. The van der Waals surface area contributed by atoms with Crippen molar-refractivity contribution < 1.29 is 0 Å². The van der Waals surface area contributed by atoms with Crippen molar-refractivity contribution in [3.05, 3.63) is 28.7 Å². The number of nitrogens with zero attached hydrogens (tertiary/aromatic N) is 5. The molecular weight excluding hydrogens is 294 g/mol. The summed E-state index contributed by atoms with van der Waals surface area (Å²) in [6, 6.07) is 0.450. The molecular formula is C16H21N5S. The normalized spacial score (nSPS) is 21.3. The van der Waals surface area contributed by atoms with Crippen LogP contribution in [0.4, 0.5) is 10.9 Å². The van der Waals surface area contributed by atoms with Crippen molar-refractivity contribution in [2.24, 2.45) is 0 Å². The molecule has 6 heteroatoms. The molecule has 0 aromatic carbocycles. The van der Waals surface area contributed by atoms with Crippen molar-refractivity contribution in [2.75, 3.05) is 29.4 Å². The van der Waals surface area contributed by atoms with Crippen molar-refractivity contribution in [2.45, 2.75) is 39.2 Å². The number of rotatable bonds is 2. The van der Waals surface area contributed by atoms with E-state index in [0.717, 1.165) is 43.3 Å². The molecule has 3 heterocycles. The van der Waals surface area contributed by atoms with Gasteiger partial charge in [-0.25, -0.2) is 15.0 Å². The molecule has 1 saturated heterocycles. The number of anilines is 2. The zero-order valence-electron chi connectivity index (χ0n) is 13.1. The Labute approximate surface area is 135 Å². The van der Waals surface area contributed by atoms with E-state index in [0.29, 0.717) is 6.04 Å². The summed E-state index contributed by atoms with van der Waals surface area (Å²) in [4.78, 5) is 18.5. The smallest absolute Gasteiger partial charge is 0.185 e. The monoisotopic (exact) mass is 315 g/mol. The Kier molecular flexibility index (Phi) is 3.48. The predicted octanol–water partition coefficient (Wildman–Crippen LogP) is 2.45. The van der Waals surface area contributed by atoms with E-state index in [-0.39, 0.29) is 0 Å². The van der Waals surface area contributed by atoms with Gasteiger partial charge in [0.05, 0.1) is 5.69 Å². The van der Waals surface area contributed by atoms with Crippen LogP contribution in [-0.4, -0.2) is 40.6 Å². The Morgan fingerprint density at radius 3 is 2.91 bits per heavy atom. The summed E-state index contributed by atoms with van der Waals surface area (Å²) in [5.41, 5.74) is 3.76. The lowest BCUT2D eigenvalue weighted by molar-refractivity contribution is 0.544. The van der Waals surface area contributed by atoms with Gasteiger partial charge in [-0.3, -0.25) is 0 Å². The van der Waals surface area contributed by atoms with Crippen LogP contribution in [0.25, 0.3) is 0 Å². The fourth-order valence-electron chi connectivity index (χ4n) is 3.52. The number of fused-ring (bicyclic) bond motifs is 1. The Morgan fingerprint density at radius 1 is 1.23 bits per heavy atom. The van der Waals surface area contributed by atoms with Crippen LogP contribution >= 0.6 is 11.3 Å². The third kappa shape index (κ3) is 2.35. The molecule has 0 N–H and O–H groups in total. The topological polar surface area (TPSA) is 45.2 Å². The van der Waals surface area contributed by atoms with E-state index < -0.39 is 0 Å². The first-order valence-corrected chi connectivity index (χ1v) is 8.87. The van der Waals surface area contributed by atoms with Crippen molar-refractivity contribution in [1.82, 2.24) is 15.0 Å². The molecule has 116 valence electrons. The van der Waals surface area contributed by atoms with Crippen LogP contribution in [0.5, 0.6) is 0 Å². The molecule has 4 rings (SSSR count). The van der Waals surface area contributed by atoms with Gasteiger partial charge in [0.1, 0.15) is 12.1 Å². The van der Waals surface area contributed by atoms with Crippen LogP contribution in [0.2, 0.25) is 0 Å². The highest BCUT2D eigenvalue weighted by Crippen LogP contribution is 2.31. The van der Waals surface area contributed by atoms with E-state index in [1.165, 1.54) is 23.5 Å². The molecule has 0 saturated carbocycles. The zero-order chi connectivity index (χ0) is 15.1. The first-order valence-electron chi connectivity index (χ1n) is 7.99. The minimum absolute atomic E-state index is 0.450. The molecule has 0 radical (unpaired) electrons. The highest BCUT2D eigenvalue weighted by atomic mass is 32.1. The molecule has 0 spiro atoms. The number of hydrogen-bond acceptors (Lipinski definition) is 6. The number of hydrogen-bond donors (Lipinski definition) is 0. The standard InChI is InChI=1S/C16H21N5S/c1-11-9-22-16(19-11)21-7-6-20(8-12(21)2)15-13-4-3-5-14(13)17-10-18-15/h9-10,12H,3-8H2,1-2H3/t12-/m0/s1. The van der Waals surface area contributed by atoms with Crippen molar-refractivity contribution >= 4 is 22.3 Å². The van der Waals surface area contributed by atoms with E-state index in [9.17, 15) is 0 Å². The maximum absolute atomic E-state index is 4.64. The van der Waals surface area contributed by atoms with Crippen LogP contribution in [0.15, 0.2) is 11.7 Å². The second kappa shape index (κ2) is 5.50. The molecule has 5 nitrogen and oxygen atoms in total. The van der Waals surface area contributed by atoms with Crippen molar-refractivity contribution in [1.29, 1.82) is 0 Å². The SMILES string of the molecule is Cc1csc(N2CCN(c3ncnc4c3CCC4)C[C@@H]2C)n1. The van der Waals surface area contributed by atoms with E-state index in [1.807, 2.05) is 0 Å². The Balaban J connectivity index is 1.55. The summed E-state index contributed by atoms with van der Waals surface area (Å²) in [6.45, 7) is 7.36. The Hall–Kier alpha value is -1.69. The van der Waals surface area contributed by atoms with Gasteiger partial charge in [-0.05, 0) is 33.1 Å². The molecule has 0 unspecified atom stereocenters. The van der Waals surface area contributed by atoms with Crippen LogP contribution < -0.4 is 9.80 Å². The first kappa shape index (κ1) is 13.9. The van der Waals surface area contributed by atoms with Gasteiger partial charge in [-0.15, -0.1) is 11.3 Å². The molecule has 2 aromatic rings. The van der Waals surface area contributed by atoms with Gasteiger partial charge < -0.3 is 9.80 Å². The van der Waals surface area contributed by atoms with E-state index in [2.05, 4.69) is 44.0 Å². The summed E-state index contributed by atoms with van der Waals surface area (Å²) in [5.74, 6) is 1.17. The summed E-state index contributed by atoms with van der Waals surface area (Å²) in [6.07, 6.45) is 5.19. The maximum Gasteiger partial charge on any atom is 0.185 e. The molecule has 2 aliphatic rings. The highest BCUT2D eigenvalue weighted by molar-refractivity contribution is 7.13. The van der Waals surface area contributed by atoms with E-state index in [1.54, 1.807) is 17.7 Å². The third-order valence-corrected chi connectivity index (χ3v) is 5.63. The summed E-state index contributed by atoms with van der Waals surface area (Å²) >= 11 is 1.75. The van der Waals surface area contributed by atoms with Crippen LogP contribution in [-0.2, 0) is 12.8 Å². The van der Waals surface area contributed by atoms with E-state index in [4.69, 9.17) is 0 Å². The fraction of sp³-hybridized carbons (Fsp3) is 0.562. The Morgan fingerprint density at radius 2 is 2.14 bits per heavy atom. The Bertz CT molecular complexity index is 683. The molecule has 1 fully saturated rings. The van der Waals surface area contributed by atoms with Gasteiger partial charge in [-0.2, -0.15) is 0 Å². The van der Waals surface area contributed by atoms with Crippen LogP contribution in [0, 0.1) is 6.92 Å². The average Bonchev–Trinajstić information content (AvgIpc) is 3.15. The van der Waals surface area contributed by atoms with Gasteiger partial charge in [0.2, 0.25) is 0 Å². The molecule has 0 bridgehead atoms. The number of piperazine rings is 1. The second-order valence-corrected chi connectivity index (χ2v) is 7.07.